The number of pyridine rings is 1. The third-order valence-corrected chi connectivity index (χ3v) is 4.28. The van der Waals surface area contributed by atoms with Crippen molar-refractivity contribution >= 4 is 5.69 Å². The molecule has 0 saturated carbocycles. The predicted octanol–water partition coefficient (Wildman–Crippen LogP) is 1.33. The van der Waals surface area contributed by atoms with Crippen molar-refractivity contribution in [1.82, 2.24) is 14.8 Å². The van der Waals surface area contributed by atoms with Crippen molar-refractivity contribution in [1.29, 1.82) is 0 Å². The normalized spacial score (nSPS) is 29.4. The summed E-state index contributed by atoms with van der Waals surface area (Å²) in [5, 5.41) is 0. The number of nitrogens with two attached hydrogens (primary N) is 1. The second kappa shape index (κ2) is 4.86. The number of piperazine rings is 1. The zero-order valence-corrected chi connectivity index (χ0v) is 11.0. The predicted molar refractivity (Wildman–Crippen MR) is 73.1 cm³/mol. The molecule has 1 aromatic rings. The first kappa shape index (κ1) is 11.9. The minimum Gasteiger partial charge on any atom is -0.397 e. The van der Waals surface area contributed by atoms with Gasteiger partial charge in [-0.1, -0.05) is 0 Å². The molecule has 0 radical (unpaired) electrons. The zero-order chi connectivity index (χ0) is 12.5. The summed E-state index contributed by atoms with van der Waals surface area (Å²) in [4.78, 5) is 9.62. The van der Waals surface area contributed by atoms with Crippen LogP contribution >= 0.6 is 0 Å². The van der Waals surface area contributed by atoms with Crippen LogP contribution in [0.4, 0.5) is 5.69 Å². The van der Waals surface area contributed by atoms with Gasteiger partial charge < -0.3 is 5.73 Å². The van der Waals surface area contributed by atoms with Crippen molar-refractivity contribution in [2.24, 2.45) is 0 Å². The summed E-state index contributed by atoms with van der Waals surface area (Å²) in [6, 6.07) is 5.38. The number of aromatic nitrogens is 1. The topological polar surface area (TPSA) is 45.4 Å². The Balaban J connectivity index is 1.66. The van der Waals surface area contributed by atoms with Gasteiger partial charge in [0.1, 0.15) is 0 Å². The van der Waals surface area contributed by atoms with Crippen molar-refractivity contribution in [2.45, 2.75) is 38.4 Å². The third kappa shape index (κ3) is 2.35. The first-order chi connectivity index (χ1) is 8.72. The molecule has 0 amide bonds. The summed E-state index contributed by atoms with van der Waals surface area (Å²) in [6.07, 6.45) is 4.48. The molecule has 0 bridgehead atoms. The third-order valence-electron chi connectivity index (χ3n) is 4.28. The average molecular weight is 246 g/mol. The summed E-state index contributed by atoms with van der Waals surface area (Å²) in [6.45, 7) is 6.97. The highest BCUT2D eigenvalue weighted by Crippen LogP contribution is 2.25. The monoisotopic (exact) mass is 246 g/mol. The molecule has 0 spiro atoms. The lowest BCUT2D eigenvalue weighted by Gasteiger charge is -2.42. The first-order valence-corrected chi connectivity index (χ1v) is 6.91. The van der Waals surface area contributed by atoms with E-state index in [1.54, 1.807) is 6.20 Å². The fourth-order valence-corrected chi connectivity index (χ4v) is 3.21. The Bertz CT molecular complexity index is 403. The summed E-state index contributed by atoms with van der Waals surface area (Å²) in [5.74, 6) is 0. The summed E-state index contributed by atoms with van der Waals surface area (Å²) >= 11 is 0. The molecule has 2 atom stereocenters. The number of fused-ring (bicyclic) bond motifs is 1. The molecule has 2 N–H and O–H groups in total. The lowest BCUT2D eigenvalue weighted by molar-refractivity contribution is 0.0532. The first-order valence-electron chi connectivity index (χ1n) is 6.91. The van der Waals surface area contributed by atoms with E-state index < -0.39 is 0 Å². The van der Waals surface area contributed by atoms with Crippen LogP contribution in [0.5, 0.6) is 0 Å². The second-order valence-corrected chi connectivity index (χ2v) is 5.65. The minimum atomic E-state index is 0.624. The van der Waals surface area contributed by atoms with E-state index in [2.05, 4.69) is 21.7 Å². The lowest BCUT2D eigenvalue weighted by atomic mass is 10.1. The van der Waals surface area contributed by atoms with Gasteiger partial charge in [0.25, 0.3) is 0 Å². The quantitative estimate of drug-likeness (QED) is 0.855. The van der Waals surface area contributed by atoms with Crippen LogP contribution in [0.15, 0.2) is 18.3 Å². The molecule has 18 heavy (non-hydrogen) atoms. The Morgan fingerprint density at radius 2 is 2.28 bits per heavy atom. The van der Waals surface area contributed by atoms with E-state index in [1.807, 2.05) is 12.1 Å². The molecule has 0 aromatic carbocycles. The Hall–Kier alpha value is -1.13. The molecule has 2 aliphatic heterocycles. The van der Waals surface area contributed by atoms with Crippen LogP contribution in [0.1, 0.15) is 25.5 Å². The number of nitrogen functional groups attached to an aromatic ring is 1. The van der Waals surface area contributed by atoms with Gasteiger partial charge in [0, 0.05) is 31.7 Å². The van der Waals surface area contributed by atoms with Crippen molar-refractivity contribution in [3.63, 3.8) is 0 Å². The fourth-order valence-electron chi connectivity index (χ4n) is 3.21. The molecule has 2 fully saturated rings. The van der Waals surface area contributed by atoms with E-state index in [4.69, 9.17) is 5.73 Å². The molecule has 0 aliphatic carbocycles. The Labute approximate surface area is 109 Å². The van der Waals surface area contributed by atoms with Crippen LogP contribution in [0.25, 0.3) is 0 Å². The van der Waals surface area contributed by atoms with Crippen molar-refractivity contribution in [3.8, 4) is 0 Å². The summed E-state index contributed by atoms with van der Waals surface area (Å²) in [7, 11) is 0. The van der Waals surface area contributed by atoms with Crippen LogP contribution in [0.2, 0.25) is 0 Å². The minimum absolute atomic E-state index is 0.624. The molecule has 3 heterocycles. The fraction of sp³-hybridized carbons (Fsp3) is 0.643. The molecule has 4 nitrogen and oxygen atoms in total. The molecule has 98 valence electrons. The highest BCUT2D eigenvalue weighted by molar-refractivity contribution is 5.34. The molecule has 2 unspecified atom stereocenters. The van der Waals surface area contributed by atoms with E-state index in [0.717, 1.165) is 24.0 Å². The molecule has 2 aliphatic rings. The van der Waals surface area contributed by atoms with Gasteiger partial charge in [0.2, 0.25) is 0 Å². The van der Waals surface area contributed by atoms with Gasteiger partial charge in [-0.05, 0) is 38.4 Å². The van der Waals surface area contributed by atoms with Gasteiger partial charge in [-0.3, -0.25) is 14.8 Å². The van der Waals surface area contributed by atoms with Crippen LogP contribution < -0.4 is 5.73 Å². The SMILES string of the molecule is CC1CN2CCCC2CN1Cc1ccc(N)cn1. The van der Waals surface area contributed by atoms with Gasteiger partial charge in [0.05, 0.1) is 17.6 Å². The number of rotatable bonds is 2. The molecular formula is C14H22N4. The number of hydrogen-bond acceptors (Lipinski definition) is 4. The van der Waals surface area contributed by atoms with Crippen LogP contribution in [-0.4, -0.2) is 46.5 Å². The smallest absolute Gasteiger partial charge is 0.0545 e. The highest BCUT2D eigenvalue weighted by atomic mass is 15.3. The van der Waals surface area contributed by atoms with E-state index in [0.29, 0.717) is 6.04 Å². The van der Waals surface area contributed by atoms with Gasteiger partial charge in [0.15, 0.2) is 0 Å². The van der Waals surface area contributed by atoms with Crippen LogP contribution in [0.3, 0.4) is 0 Å². The maximum Gasteiger partial charge on any atom is 0.0545 e. The van der Waals surface area contributed by atoms with Gasteiger partial charge in [-0.25, -0.2) is 0 Å². The Kier molecular flexibility index (Phi) is 3.22. The summed E-state index contributed by atoms with van der Waals surface area (Å²) in [5.41, 5.74) is 7.54. The maximum atomic E-state index is 5.67. The summed E-state index contributed by atoms with van der Waals surface area (Å²) < 4.78 is 0. The number of hydrogen-bond donors (Lipinski definition) is 1. The zero-order valence-electron chi connectivity index (χ0n) is 11.0. The van der Waals surface area contributed by atoms with Crippen molar-refractivity contribution in [2.75, 3.05) is 25.4 Å². The number of nitrogens with zero attached hydrogens (tertiary/aromatic N) is 3. The van der Waals surface area contributed by atoms with Gasteiger partial charge in [-0.15, -0.1) is 0 Å². The highest BCUT2D eigenvalue weighted by Gasteiger charge is 2.34. The van der Waals surface area contributed by atoms with E-state index in [1.165, 1.54) is 32.5 Å². The Morgan fingerprint density at radius 3 is 3.06 bits per heavy atom. The van der Waals surface area contributed by atoms with Gasteiger partial charge in [-0.2, -0.15) is 0 Å². The van der Waals surface area contributed by atoms with Crippen molar-refractivity contribution < 1.29 is 0 Å². The standard InChI is InChI=1S/C14H22N4/c1-11-8-17-6-2-3-14(17)10-18(11)9-13-5-4-12(15)7-16-13/h4-5,7,11,14H,2-3,6,8-10,15H2,1H3. The molecule has 1 aromatic heterocycles. The number of anilines is 1. The molecule has 4 heteroatoms. The van der Waals surface area contributed by atoms with E-state index in [9.17, 15) is 0 Å². The molecular weight excluding hydrogens is 224 g/mol. The maximum absolute atomic E-state index is 5.67. The van der Waals surface area contributed by atoms with E-state index >= 15 is 0 Å². The lowest BCUT2D eigenvalue weighted by Crippen LogP contribution is -2.54. The largest absolute Gasteiger partial charge is 0.397 e. The Morgan fingerprint density at radius 1 is 1.39 bits per heavy atom. The van der Waals surface area contributed by atoms with Crippen molar-refractivity contribution in [3.05, 3.63) is 24.0 Å². The second-order valence-electron chi connectivity index (χ2n) is 5.65. The van der Waals surface area contributed by atoms with Gasteiger partial charge >= 0.3 is 0 Å². The van der Waals surface area contributed by atoms with Crippen LogP contribution in [0, 0.1) is 0 Å². The van der Waals surface area contributed by atoms with Crippen LogP contribution in [-0.2, 0) is 6.54 Å². The van der Waals surface area contributed by atoms with E-state index in [-0.39, 0.29) is 0 Å². The molecule has 2 saturated heterocycles. The molecule has 3 rings (SSSR count). The average Bonchev–Trinajstić information content (AvgIpc) is 2.79.